The van der Waals surface area contributed by atoms with E-state index < -0.39 is 18.0 Å². The lowest BCUT2D eigenvalue weighted by molar-refractivity contribution is -0.139. The Labute approximate surface area is 163 Å². The molecule has 0 bridgehead atoms. The minimum absolute atomic E-state index is 0.138. The third-order valence-electron chi connectivity index (χ3n) is 4.55. The van der Waals surface area contributed by atoms with Crippen LogP contribution in [0.1, 0.15) is 25.0 Å². The summed E-state index contributed by atoms with van der Waals surface area (Å²) in [7, 11) is 0. The Morgan fingerprint density at radius 3 is 2.61 bits per heavy atom. The summed E-state index contributed by atoms with van der Waals surface area (Å²) in [5, 5.41) is 11.6. The van der Waals surface area contributed by atoms with Crippen molar-refractivity contribution >= 4 is 11.9 Å². The van der Waals surface area contributed by atoms with E-state index in [4.69, 9.17) is 19.3 Å². The molecule has 148 valence electrons. The smallest absolute Gasteiger partial charge is 0.341 e. The number of carboxylic acid groups (broad SMARTS) is 1. The van der Waals surface area contributed by atoms with E-state index in [1.54, 1.807) is 18.2 Å². The molecule has 0 unspecified atom stereocenters. The van der Waals surface area contributed by atoms with Crippen LogP contribution >= 0.6 is 0 Å². The third kappa shape index (κ3) is 4.54. The largest absolute Gasteiger partial charge is 0.486 e. The monoisotopic (exact) mass is 385 g/mol. The molecule has 1 heterocycles. The van der Waals surface area contributed by atoms with E-state index in [2.05, 4.69) is 5.32 Å². The van der Waals surface area contributed by atoms with Crippen molar-refractivity contribution in [2.75, 3.05) is 19.8 Å². The highest BCUT2D eigenvalue weighted by Crippen LogP contribution is 2.35. The van der Waals surface area contributed by atoms with E-state index in [1.165, 1.54) is 0 Å². The highest BCUT2D eigenvalue weighted by Gasteiger charge is 2.31. The quantitative estimate of drug-likeness (QED) is 0.761. The number of hydrogen-bond acceptors (Lipinski definition) is 5. The third-order valence-corrected chi connectivity index (χ3v) is 4.55. The van der Waals surface area contributed by atoms with Crippen molar-refractivity contribution in [1.29, 1.82) is 0 Å². The van der Waals surface area contributed by atoms with Crippen molar-refractivity contribution < 1.29 is 28.9 Å². The predicted molar refractivity (Wildman–Crippen MR) is 102 cm³/mol. The molecule has 0 atom stereocenters. The van der Waals surface area contributed by atoms with Gasteiger partial charge in [0.2, 0.25) is 5.91 Å². The van der Waals surface area contributed by atoms with Gasteiger partial charge >= 0.3 is 5.97 Å². The van der Waals surface area contributed by atoms with E-state index >= 15 is 0 Å². The molecule has 0 aromatic heterocycles. The van der Waals surface area contributed by atoms with Gasteiger partial charge in [0.15, 0.2) is 18.1 Å². The van der Waals surface area contributed by atoms with Crippen LogP contribution < -0.4 is 19.5 Å². The molecule has 1 amide bonds. The molecular weight excluding hydrogens is 362 g/mol. The van der Waals surface area contributed by atoms with Crippen LogP contribution in [0, 0.1) is 0 Å². The predicted octanol–water partition coefficient (Wildman–Crippen LogP) is 2.52. The molecule has 2 aromatic carbocycles. The van der Waals surface area contributed by atoms with Crippen LogP contribution in [0.4, 0.5) is 0 Å². The molecule has 0 saturated heterocycles. The first kappa shape index (κ1) is 19.5. The number of fused-ring (bicyclic) bond motifs is 1. The van der Waals surface area contributed by atoms with Crippen molar-refractivity contribution in [3.8, 4) is 17.2 Å². The number of nitrogens with one attached hydrogen (secondary N) is 1. The Morgan fingerprint density at radius 1 is 1.11 bits per heavy atom. The Balaban J connectivity index is 1.65. The number of ether oxygens (including phenoxy) is 3. The number of carboxylic acids is 1. The molecule has 3 rings (SSSR count). The molecular formula is C21H23NO6. The number of carbonyl (C=O) groups is 2. The maximum absolute atomic E-state index is 12.8. The molecule has 2 N–H and O–H groups in total. The van der Waals surface area contributed by atoms with E-state index in [-0.39, 0.29) is 5.91 Å². The Morgan fingerprint density at radius 2 is 1.86 bits per heavy atom. The lowest BCUT2D eigenvalue weighted by Gasteiger charge is -2.26. The maximum atomic E-state index is 12.8. The molecule has 0 aliphatic carbocycles. The van der Waals surface area contributed by atoms with Gasteiger partial charge in [-0.25, -0.2) is 4.79 Å². The fraction of sp³-hybridized carbons (Fsp3) is 0.333. The maximum Gasteiger partial charge on any atom is 0.341 e. The summed E-state index contributed by atoms with van der Waals surface area (Å²) in [4.78, 5) is 23.4. The molecule has 1 aliphatic heterocycles. The summed E-state index contributed by atoms with van der Waals surface area (Å²) in [5.74, 6) is 0.596. The van der Waals surface area contributed by atoms with Gasteiger partial charge in [0.05, 0.1) is 5.41 Å². The number of carbonyl (C=O) groups excluding carboxylic acids is 1. The van der Waals surface area contributed by atoms with E-state index in [0.717, 1.165) is 11.1 Å². The van der Waals surface area contributed by atoms with E-state index in [1.807, 2.05) is 38.1 Å². The molecule has 28 heavy (non-hydrogen) atoms. The Hall–Kier alpha value is -3.22. The van der Waals surface area contributed by atoms with Crippen molar-refractivity contribution in [1.82, 2.24) is 5.32 Å². The highest BCUT2D eigenvalue weighted by atomic mass is 16.6. The average Bonchev–Trinajstić information content (AvgIpc) is 2.70. The van der Waals surface area contributed by atoms with Gasteiger partial charge < -0.3 is 24.6 Å². The van der Waals surface area contributed by atoms with Gasteiger partial charge in [-0.15, -0.1) is 0 Å². The molecule has 2 aromatic rings. The first-order chi connectivity index (χ1) is 13.4. The fourth-order valence-electron chi connectivity index (χ4n) is 2.86. The van der Waals surface area contributed by atoms with Crippen molar-refractivity contribution in [3.05, 3.63) is 53.6 Å². The second kappa shape index (κ2) is 8.21. The number of rotatable bonds is 7. The number of benzene rings is 2. The molecule has 7 nitrogen and oxygen atoms in total. The molecule has 1 aliphatic rings. The fourth-order valence-corrected chi connectivity index (χ4v) is 2.86. The molecule has 0 saturated carbocycles. The van der Waals surface area contributed by atoms with Crippen molar-refractivity contribution in [3.63, 3.8) is 0 Å². The minimum Gasteiger partial charge on any atom is -0.486 e. The Kier molecular flexibility index (Phi) is 5.73. The van der Waals surface area contributed by atoms with Crippen molar-refractivity contribution in [2.45, 2.75) is 25.8 Å². The highest BCUT2D eigenvalue weighted by molar-refractivity contribution is 5.87. The van der Waals surface area contributed by atoms with Crippen LogP contribution in [-0.2, 0) is 21.5 Å². The van der Waals surface area contributed by atoms with Gasteiger partial charge in [0.25, 0.3) is 0 Å². The zero-order valence-corrected chi connectivity index (χ0v) is 15.9. The van der Waals surface area contributed by atoms with Crippen LogP contribution in [0.3, 0.4) is 0 Å². The summed E-state index contributed by atoms with van der Waals surface area (Å²) in [6.07, 6.45) is 0. The normalized spacial score (nSPS) is 12.9. The van der Waals surface area contributed by atoms with Crippen LogP contribution in [0.2, 0.25) is 0 Å². The van der Waals surface area contributed by atoms with Crippen molar-refractivity contribution in [2.24, 2.45) is 0 Å². The lowest BCUT2D eigenvalue weighted by atomic mass is 9.83. The SMILES string of the molecule is CC(C)(C(=O)NCc1cccc(OCC(=O)O)c1)c1ccc2c(c1)OCCO2. The first-order valence-electron chi connectivity index (χ1n) is 8.98. The van der Waals surface area contributed by atoms with Crippen LogP contribution in [0.25, 0.3) is 0 Å². The van der Waals surface area contributed by atoms with Gasteiger partial charge in [-0.3, -0.25) is 4.79 Å². The van der Waals surface area contributed by atoms with Crippen LogP contribution in [-0.4, -0.2) is 36.8 Å². The number of aliphatic carboxylic acids is 1. The second-order valence-corrected chi connectivity index (χ2v) is 7.00. The van der Waals surface area contributed by atoms with E-state index in [0.29, 0.717) is 37.0 Å². The molecule has 0 fully saturated rings. The summed E-state index contributed by atoms with van der Waals surface area (Å²) < 4.78 is 16.3. The zero-order chi connectivity index (χ0) is 20.1. The van der Waals surface area contributed by atoms with Gasteiger partial charge in [0.1, 0.15) is 19.0 Å². The van der Waals surface area contributed by atoms with Gasteiger partial charge in [-0.1, -0.05) is 18.2 Å². The molecule has 0 radical (unpaired) electrons. The minimum atomic E-state index is -1.04. The summed E-state index contributed by atoms with van der Waals surface area (Å²) in [6, 6.07) is 12.5. The second-order valence-electron chi connectivity index (χ2n) is 7.00. The topological polar surface area (TPSA) is 94.1 Å². The molecule has 7 heteroatoms. The summed E-state index contributed by atoms with van der Waals surface area (Å²) in [5.41, 5.74) is 0.870. The molecule has 0 spiro atoms. The van der Waals surface area contributed by atoms with Crippen LogP contribution in [0.15, 0.2) is 42.5 Å². The Bertz CT molecular complexity index is 877. The average molecular weight is 385 g/mol. The van der Waals surface area contributed by atoms with E-state index in [9.17, 15) is 9.59 Å². The number of hydrogen-bond donors (Lipinski definition) is 2. The number of amides is 1. The summed E-state index contributed by atoms with van der Waals surface area (Å²) in [6.45, 7) is 4.60. The lowest BCUT2D eigenvalue weighted by Crippen LogP contribution is -2.39. The standard InChI is InChI=1S/C21H23NO6/c1-21(2,15-6-7-17-18(11-15)27-9-8-26-17)20(25)22-12-14-4-3-5-16(10-14)28-13-19(23)24/h3-7,10-11H,8-9,12-13H2,1-2H3,(H,22,25)(H,23,24). The first-order valence-corrected chi connectivity index (χ1v) is 8.98. The van der Waals surface area contributed by atoms with Gasteiger partial charge in [-0.2, -0.15) is 0 Å². The summed E-state index contributed by atoms with van der Waals surface area (Å²) >= 11 is 0. The van der Waals surface area contributed by atoms with Crippen LogP contribution in [0.5, 0.6) is 17.2 Å². The zero-order valence-electron chi connectivity index (χ0n) is 15.9. The van der Waals surface area contributed by atoms with Gasteiger partial charge in [0, 0.05) is 6.54 Å². The van der Waals surface area contributed by atoms with Gasteiger partial charge in [-0.05, 0) is 49.2 Å².